The second-order valence-electron chi connectivity index (χ2n) is 1.13. The van der Waals surface area contributed by atoms with Gasteiger partial charge < -0.3 is 0 Å². The molecule has 0 saturated carbocycles. The molecule has 0 rings (SSSR count). The van der Waals surface area contributed by atoms with Crippen molar-refractivity contribution in [2.45, 2.75) is 12.3 Å². The van der Waals surface area contributed by atoms with Crippen LogP contribution in [0.3, 0.4) is 0 Å². The summed E-state index contributed by atoms with van der Waals surface area (Å²) in [5.41, 5.74) is 0. The second kappa shape index (κ2) is 2.88. The molecule has 0 aromatic carbocycles. The molecule has 4 N–H and O–H groups in total. The van der Waals surface area contributed by atoms with Crippen LogP contribution in [0.25, 0.3) is 0 Å². The fourth-order valence-corrected chi connectivity index (χ4v) is 0.217. The molecule has 0 spiro atoms. The van der Waals surface area contributed by atoms with Crippen LogP contribution in [0.1, 0.15) is 0 Å². The zero-order valence-corrected chi connectivity index (χ0v) is 5.34. The third kappa shape index (κ3) is 2.19. The number of aliphatic hydroxyl groups is 4. The van der Waals surface area contributed by atoms with Gasteiger partial charge in [-0.05, 0) is 0 Å². The summed E-state index contributed by atoms with van der Waals surface area (Å²) in [5, 5.41) is 32.5. The molecule has 0 aliphatic heterocycles. The summed E-state index contributed by atoms with van der Waals surface area (Å²) in [6.07, 6.45) is -2.30. The van der Waals surface area contributed by atoms with Crippen molar-refractivity contribution in [2.75, 3.05) is 0 Å². The first-order valence-corrected chi connectivity index (χ1v) is 2.30. The van der Waals surface area contributed by atoms with E-state index in [-0.39, 0.29) is 0 Å². The Morgan fingerprint density at radius 2 is 1.75 bits per heavy atom. The second-order valence-corrected chi connectivity index (χ2v) is 1.45. The van der Waals surface area contributed by atoms with Crippen LogP contribution in [0.2, 0.25) is 0 Å². The van der Waals surface area contributed by atoms with Gasteiger partial charge in [-0.2, -0.15) is 0 Å². The van der Waals surface area contributed by atoms with Gasteiger partial charge in [0, 0.05) is 0 Å². The van der Waals surface area contributed by atoms with Crippen LogP contribution >= 0.6 is 0 Å². The van der Waals surface area contributed by atoms with E-state index < -0.39 is 12.3 Å². The van der Waals surface area contributed by atoms with Crippen LogP contribution in [0.15, 0.2) is 0 Å². The van der Waals surface area contributed by atoms with Gasteiger partial charge in [-0.25, -0.2) is 0 Å². The van der Waals surface area contributed by atoms with Crippen LogP contribution in [0.5, 0.6) is 0 Å². The van der Waals surface area contributed by atoms with E-state index in [0.29, 0.717) is 0 Å². The van der Waals surface area contributed by atoms with E-state index >= 15 is 0 Å². The van der Waals surface area contributed by atoms with E-state index in [1.807, 2.05) is 0 Å². The SMILES string of the molecule is OC(O)C(O)(O)[O][Ti]. The molecule has 0 aliphatic carbocycles. The van der Waals surface area contributed by atoms with Gasteiger partial charge in [-0.15, -0.1) is 0 Å². The van der Waals surface area contributed by atoms with Crippen molar-refractivity contribution in [3.05, 3.63) is 0 Å². The third-order valence-electron chi connectivity index (χ3n) is 0.487. The number of rotatable bonds is 2. The van der Waals surface area contributed by atoms with E-state index in [9.17, 15) is 0 Å². The van der Waals surface area contributed by atoms with E-state index in [1.165, 1.54) is 0 Å². The molecule has 0 aliphatic rings. The summed E-state index contributed by atoms with van der Waals surface area (Å²) in [6.45, 7) is 0. The van der Waals surface area contributed by atoms with E-state index in [0.717, 1.165) is 20.8 Å². The van der Waals surface area contributed by atoms with Crippen molar-refractivity contribution < 1.29 is 44.6 Å². The standard InChI is InChI=1S/C2H5O5.Ti/c3-1(4)2(5,6)7;/h1,3-6H;/q-1;+1. The summed E-state index contributed by atoms with van der Waals surface area (Å²) in [7, 11) is 0. The molecule has 0 heterocycles. The number of hydrogen-bond acceptors (Lipinski definition) is 5. The molecule has 0 radical (unpaired) electrons. The first kappa shape index (κ1) is 8.51. The predicted molar refractivity (Wildman–Crippen MR) is 16.5 cm³/mol. The Morgan fingerprint density at radius 3 is 1.75 bits per heavy atom. The van der Waals surface area contributed by atoms with Gasteiger partial charge in [-0.3, -0.25) is 0 Å². The summed E-state index contributed by atoms with van der Waals surface area (Å²) in [4.78, 5) is 0. The zero-order valence-electron chi connectivity index (χ0n) is 3.77. The van der Waals surface area contributed by atoms with E-state index in [4.69, 9.17) is 20.4 Å². The molecule has 0 amide bonds. The Labute approximate surface area is 57.4 Å². The minimum absolute atomic E-state index is 0.930. The van der Waals surface area contributed by atoms with Crippen LogP contribution in [-0.2, 0) is 24.1 Å². The van der Waals surface area contributed by atoms with Gasteiger partial charge in [0.1, 0.15) is 0 Å². The molecule has 0 atom stereocenters. The maximum absolute atomic E-state index is 8.23. The first-order chi connectivity index (χ1) is 3.50. The van der Waals surface area contributed by atoms with Crippen LogP contribution in [-0.4, -0.2) is 32.7 Å². The van der Waals surface area contributed by atoms with Crippen molar-refractivity contribution in [3.63, 3.8) is 0 Å². The van der Waals surface area contributed by atoms with Gasteiger partial charge in [0.15, 0.2) is 0 Å². The monoisotopic (exact) mass is 157 g/mol. The van der Waals surface area contributed by atoms with Crippen LogP contribution in [0, 0.1) is 0 Å². The molecule has 5 nitrogen and oxygen atoms in total. The van der Waals surface area contributed by atoms with Crippen molar-refractivity contribution in [3.8, 4) is 0 Å². The topological polar surface area (TPSA) is 90.2 Å². The van der Waals surface area contributed by atoms with Crippen LogP contribution in [0.4, 0.5) is 0 Å². The summed E-state index contributed by atoms with van der Waals surface area (Å²) in [5.74, 6) is -2.85. The molecule has 0 saturated heterocycles. The fourth-order valence-electron chi connectivity index (χ4n) is 0.0527. The Morgan fingerprint density at radius 1 is 1.38 bits per heavy atom. The molecule has 0 unspecified atom stereocenters. The number of hydrogen-bond donors (Lipinski definition) is 4. The molecule has 0 fully saturated rings. The predicted octanol–water partition coefficient (Wildman–Crippen LogP) is -2.59. The summed E-state index contributed by atoms with van der Waals surface area (Å²) < 4.78 is 3.81. The Bertz CT molecular complexity index is 70.8. The Hall–Kier alpha value is 0.514. The molecule has 47 valence electrons. The zero-order chi connectivity index (χ0) is 6.78. The Balaban J connectivity index is 3.71. The Kier molecular flexibility index (Phi) is 3.07. The van der Waals surface area contributed by atoms with Gasteiger partial charge in [0.05, 0.1) is 0 Å². The van der Waals surface area contributed by atoms with Gasteiger partial charge in [0.2, 0.25) is 0 Å². The average molecular weight is 157 g/mol. The normalized spacial score (nSPS) is 12.5. The quantitative estimate of drug-likeness (QED) is 0.261. The number of aliphatic hydroxyl groups excluding tert-OH is 1. The third-order valence-corrected chi connectivity index (χ3v) is 0.956. The fraction of sp³-hybridized carbons (Fsp3) is 1.00. The molecular weight excluding hydrogens is 152 g/mol. The van der Waals surface area contributed by atoms with E-state index in [2.05, 4.69) is 3.32 Å². The molecule has 0 aromatic heterocycles. The molecule has 6 heteroatoms. The maximum atomic E-state index is 8.23. The molecule has 0 aromatic rings. The van der Waals surface area contributed by atoms with Crippen molar-refractivity contribution >= 4 is 0 Å². The molecule has 0 bridgehead atoms. The van der Waals surface area contributed by atoms with Crippen molar-refractivity contribution in [2.24, 2.45) is 0 Å². The molecular formula is C2H5O5Ti. The van der Waals surface area contributed by atoms with Crippen molar-refractivity contribution in [1.29, 1.82) is 0 Å². The van der Waals surface area contributed by atoms with Gasteiger partial charge >= 0.3 is 56.8 Å². The minimum atomic E-state index is -2.85. The summed E-state index contributed by atoms with van der Waals surface area (Å²) in [6, 6.07) is 0. The van der Waals surface area contributed by atoms with Gasteiger partial charge in [0.25, 0.3) is 0 Å². The van der Waals surface area contributed by atoms with Crippen LogP contribution < -0.4 is 0 Å². The average Bonchev–Trinajstić information content (AvgIpc) is 1.67. The van der Waals surface area contributed by atoms with E-state index in [1.54, 1.807) is 0 Å². The first-order valence-electron chi connectivity index (χ1n) is 1.66. The molecule has 8 heavy (non-hydrogen) atoms. The summed E-state index contributed by atoms with van der Waals surface area (Å²) >= 11 is 0.930. The van der Waals surface area contributed by atoms with Crippen molar-refractivity contribution in [1.82, 2.24) is 0 Å². The van der Waals surface area contributed by atoms with Gasteiger partial charge in [-0.1, -0.05) is 0 Å².